The third-order valence-corrected chi connectivity index (χ3v) is 3.42. The molecular weight excluding hydrogens is 252 g/mol. The Hall–Kier alpha value is -2.07. The highest BCUT2D eigenvalue weighted by molar-refractivity contribution is 5.51. The number of hydrogen-bond acceptors (Lipinski definition) is 4. The Morgan fingerprint density at radius 1 is 1.10 bits per heavy atom. The summed E-state index contributed by atoms with van der Waals surface area (Å²) in [5, 5.41) is 3.33. The fourth-order valence-corrected chi connectivity index (χ4v) is 2.40. The van der Waals surface area contributed by atoms with Crippen molar-refractivity contribution in [2.24, 2.45) is 0 Å². The molecule has 2 rings (SSSR count). The number of nitrogens with zero attached hydrogens (tertiary/aromatic N) is 1. The molecule has 106 valence electrons. The van der Waals surface area contributed by atoms with Gasteiger partial charge in [0.15, 0.2) is 11.5 Å². The molecule has 0 fully saturated rings. The molecule has 2 aromatic rings. The SMILES string of the molecule is CNC(c1cnccc1C)c1cccc(OC)c1OC. The van der Waals surface area contributed by atoms with Crippen LogP contribution in [0.4, 0.5) is 0 Å². The number of benzene rings is 1. The summed E-state index contributed by atoms with van der Waals surface area (Å²) in [6.07, 6.45) is 3.68. The van der Waals surface area contributed by atoms with Crippen molar-refractivity contribution in [2.45, 2.75) is 13.0 Å². The number of methoxy groups -OCH3 is 2. The van der Waals surface area contributed by atoms with Crippen LogP contribution in [0.25, 0.3) is 0 Å². The first-order valence-electron chi connectivity index (χ1n) is 6.51. The van der Waals surface area contributed by atoms with Gasteiger partial charge in [0.05, 0.1) is 20.3 Å². The van der Waals surface area contributed by atoms with E-state index in [1.807, 2.05) is 37.5 Å². The minimum atomic E-state index is 0.00810. The van der Waals surface area contributed by atoms with Crippen LogP contribution in [-0.2, 0) is 0 Å². The summed E-state index contributed by atoms with van der Waals surface area (Å²) in [6, 6.07) is 7.91. The topological polar surface area (TPSA) is 43.4 Å². The number of ether oxygens (including phenoxy) is 2. The second kappa shape index (κ2) is 6.39. The smallest absolute Gasteiger partial charge is 0.165 e. The molecule has 1 atom stereocenters. The van der Waals surface area contributed by atoms with E-state index < -0.39 is 0 Å². The number of pyridine rings is 1. The molecule has 20 heavy (non-hydrogen) atoms. The number of para-hydroxylation sites is 1. The van der Waals surface area contributed by atoms with E-state index in [-0.39, 0.29) is 6.04 Å². The molecule has 0 aliphatic heterocycles. The maximum atomic E-state index is 5.53. The van der Waals surface area contributed by atoms with Crippen molar-refractivity contribution in [1.29, 1.82) is 0 Å². The summed E-state index contributed by atoms with van der Waals surface area (Å²) in [6.45, 7) is 2.08. The van der Waals surface area contributed by atoms with E-state index in [4.69, 9.17) is 9.47 Å². The van der Waals surface area contributed by atoms with Gasteiger partial charge in [-0.05, 0) is 37.2 Å². The molecule has 0 aliphatic rings. The Bertz CT molecular complexity index is 584. The number of hydrogen-bond donors (Lipinski definition) is 1. The van der Waals surface area contributed by atoms with Gasteiger partial charge in [0, 0.05) is 18.0 Å². The van der Waals surface area contributed by atoms with Gasteiger partial charge >= 0.3 is 0 Å². The van der Waals surface area contributed by atoms with E-state index >= 15 is 0 Å². The lowest BCUT2D eigenvalue weighted by molar-refractivity contribution is 0.349. The molecule has 0 saturated heterocycles. The van der Waals surface area contributed by atoms with E-state index in [1.165, 1.54) is 5.56 Å². The van der Waals surface area contributed by atoms with Crippen LogP contribution in [0.5, 0.6) is 11.5 Å². The zero-order chi connectivity index (χ0) is 14.5. The number of aromatic nitrogens is 1. The third kappa shape index (κ3) is 2.60. The quantitative estimate of drug-likeness (QED) is 0.909. The van der Waals surface area contributed by atoms with Gasteiger partial charge in [-0.2, -0.15) is 0 Å². The first kappa shape index (κ1) is 14.3. The van der Waals surface area contributed by atoms with Gasteiger partial charge in [0.25, 0.3) is 0 Å². The largest absolute Gasteiger partial charge is 0.493 e. The van der Waals surface area contributed by atoms with Crippen molar-refractivity contribution in [3.63, 3.8) is 0 Å². The van der Waals surface area contributed by atoms with Crippen LogP contribution >= 0.6 is 0 Å². The Labute approximate surface area is 119 Å². The van der Waals surface area contributed by atoms with Crippen molar-refractivity contribution < 1.29 is 9.47 Å². The Kier molecular flexibility index (Phi) is 4.58. The minimum absolute atomic E-state index is 0.00810. The van der Waals surface area contributed by atoms with E-state index in [9.17, 15) is 0 Å². The number of nitrogens with one attached hydrogen (secondary N) is 1. The van der Waals surface area contributed by atoms with Crippen molar-refractivity contribution >= 4 is 0 Å². The summed E-state index contributed by atoms with van der Waals surface area (Å²) in [7, 11) is 5.23. The highest BCUT2D eigenvalue weighted by atomic mass is 16.5. The minimum Gasteiger partial charge on any atom is -0.493 e. The summed E-state index contributed by atoms with van der Waals surface area (Å²) in [5.41, 5.74) is 3.34. The van der Waals surface area contributed by atoms with Crippen molar-refractivity contribution in [1.82, 2.24) is 10.3 Å². The van der Waals surface area contributed by atoms with Crippen LogP contribution in [0.3, 0.4) is 0 Å². The number of aryl methyl sites for hydroxylation is 1. The fraction of sp³-hybridized carbons (Fsp3) is 0.312. The zero-order valence-electron chi connectivity index (χ0n) is 12.3. The standard InChI is InChI=1S/C16H20N2O2/c1-11-8-9-18-10-13(11)15(17-2)12-6-5-7-14(19-3)16(12)20-4/h5-10,15,17H,1-4H3. The van der Waals surface area contributed by atoms with Gasteiger partial charge < -0.3 is 14.8 Å². The van der Waals surface area contributed by atoms with Crippen LogP contribution in [-0.4, -0.2) is 26.3 Å². The molecular formula is C16H20N2O2. The predicted octanol–water partition coefficient (Wildman–Crippen LogP) is 2.72. The molecule has 0 saturated carbocycles. The Morgan fingerprint density at radius 3 is 2.50 bits per heavy atom. The molecule has 1 aromatic carbocycles. The summed E-state index contributed by atoms with van der Waals surface area (Å²) >= 11 is 0. The van der Waals surface area contributed by atoms with E-state index in [0.29, 0.717) is 0 Å². The van der Waals surface area contributed by atoms with Gasteiger partial charge in [0.2, 0.25) is 0 Å². The first-order chi connectivity index (χ1) is 9.72. The van der Waals surface area contributed by atoms with Crippen molar-refractivity contribution in [3.8, 4) is 11.5 Å². The summed E-state index contributed by atoms with van der Waals surface area (Å²) < 4.78 is 10.9. The lowest BCUT2D eigenvalue weighted by Crippen LogP contribution is -2.19. The zero-order valence-corrected chi connectivity index (χ0v) is 12.3. The first-order valence-corrected chi connectivity index (χ1v) is 6.51. The van der Waals surface area contributed by atoms with Gasteiger partial charge in [-0.1, -0.05) is 12.1 Å². The van der Waals surface area contributed by atoms with Crippen LogP contribution in [0.1, 0.15) is 22.7 Å². The van der Waals surface area contributed by atoms with Gasteiger partial charge in [-0.15, -0.1) is 0 Å². The van der Waals surface area contributed by atoms with Crippen LogP contribution < -0.4 is 14.8 Å². The lowest BCUT2D eigenvalue weighted by atomic mass is 9.96. The van der Waals surface area contributed by atoms with Crippen LogP contribution in [0.15, 0.2) is 36.7 Å². The molecule has 1 unspecified atom stereocenters. The third-order valence-electron chi connectivity index (χ3n) is 3.42. The normalized spacial score (nSPS) is 12.0. The molecule has 0 bridgehead atoms. The predicted molar refractivity (Wildman–Crippen MR) is 79.4 cm³/mol. The highest BCUT2D eigenvalue weighted by Gasteiger charge is 2.20. The Balaban J connectivity index is 2.55. The highest BCUT2D eigenvalue weighted by Crippen LogP contribution is 2.37. The molecule has 1 N–H and O–H groups in total. The second-order valence-electron chi connectivity index (χ2n) is 4.54. The monoisotopic (exact) mass is 272 g/mol. The molecule has 0 spiro atoms. The summed E-state index contributed by atoms with van der Waals surface area (Å²) in [5.74, 6) is 1.48. The van der Waals surface area contributed by atoms with Gasteiger partial charge in [-0.3, -0.25) is 4.98 Å². The molecule has 1 heterocycles. The second-order valence-corrected chi connectivity index (χ2v) is 4.54. The molecule has 0 radical (unpaired) electrons. The van der Waals surface area contributed by atoms with Crippen LogP contribution in [0.2, 0.25) is 0 Å². The number of rotatable bonds is 5. The fourth-order valence-electron chi connectivity index (χ4n) is 2.40. The molecule has 0 amide bonds. The average Bonchev–Trinajstić information content (AvgIpc) is 2.49. The summed E-state index contributed by atoms with van der Waals surface area (Å²) in [4.78, 5) is 4.23. The maximum Gasteiger partial charge on any atom is 0.165 e. The molecule has 4 heteroatoms. The van der Waals surface area contributed by atoms with E-state index in [2.05, 4.69) is 17.2 Å². The van der Waals surface area contributed by atoms with Crippen molar-refractivity contribution in [2.75, 3.05) is 21.3 Å². The van der Waals surface area contributed by atoms with Crippen molar-refractivity contribution in [3.05, 3.63) is 53.3 Å². The molecule has 4 nitrogen and oxygen atoms in total. The average molecular weight is 272 g/mol. The van der Waals surface area contributed by atoms with Gasteiger partial charge in [-0.25, -0.2) is 0 Å². The van der Waals surface area contributed by atoms with E-state index in [1.54, 1.807) is 20.4 Å². The molecule has 1 aromatic heterocycles. The van der Waals surface area contributed by atoms with Gasteiger partial charge in [0.1, 0.15) is 0 Å². The van der Waals surface area contributed by atoms with Crippen LogP contribution in [0, 0.1) is 6.92 Å². The lowest BCUT2D eigenvalue weighted by Gasteiger charge is -2.22. The Morgan fingerprint density at radius 2 is 1.90 bits per heavy atom. The molecule has 0 aliphatic carbocycles. The maximum absolute atomic E-state index is 5.53. The van der Waals surface area contributed by atoms with E-state index in [0.717, 1.165) is 22.6 Å².